The van der Waals surface area contributed by atoms with E-state index < -0.39 is 0 Å². The Hall–Kier alpha value is -1.31. The molecule has 0 unspecified atom stereocenters. The zero-order valence-corrected chi connectivity index (χ0v) is 8.49. The van der Waals surface area contributed by atoms with Crippen LogP contribution >= 0.6 is 0 Å². The molecular formula is C11H16N2. The fourth-order valence-corrected chi connectivity index (χ4v) is 1.27. The SMILES string of the molecule is C/C=C\c1ncc(CC)n1/C=C\C. The van der Waals surface area contributed by atoms with E-state index in [0.29, 0.717) is 0 Å². The molecule has 70 valence electrons. The number of aryl methyl sites for hydroxylation is 1. The van der Waals surface area contributed by atoms with Gasteiger partial charge in [-0.1, -0.05) is 19.1 Å². The molecule has 1 heterocycles. The number of nitrogens with zero attached hydrogens (tertiary/aromatic N) is 2. The second-order valence-electron chi connectivity index (χ2n) is 2.81. The lowest BCUT2D eigenvalue weighted by Crippen LogP contribution is -1.95. The molecule has 0 amide bonds. The summed E-state index contributed by atoms with van der Waals surface area (Å²) in [6.45, 7) is 6.15. The Morgan fingerprint density at radius 2 is 2.15 bits per heavy atom. The Morgan fingerprint density at radius 3 is 2.69 bits per heavy atom. The molecule has 0 saturated heterocycles. The second-order valence-corrected chi connectivity index (χ2v) is 2.81. The molecule has 0 aliphatic rings. The molecule has 0 radical (unpaired) electrons. The van der Waals surface area contributed by atoms with Crippen LogP contribution in [-0.2, 0) is 6.42 Å². The van der Waals surface area contributed by atoms with Crippen molar-refractivity contribution in [3.63, 3.8) is 0 Å². The lowest BCUT2D eigenvalue weighted by Gasteiger charge is -2.01. The first-order valence-electron chi connectivity index (χ1n) is 4.65. The summed E-state index contributed by atoms with van der Waals surface area (Å²) in [5.74, 6) is 0.998. The highest BCUT2D eigenvalue weighted by Crippen LogP contribution is 2.08. The van der Waals surface area contributed by atoms with E-state index in [-0.39, 0.29) is 0 Å². The maximum Gasteiger partial charge on any atom is 0.136 e. The van der Waals surface area contributed by atoms with Gasteiger partial charge in [0, 0.05) is 18.1 Å². The van der Waals surface area contributed by atoms with Gasteiger partial charge in [0.05, 0.1) is 0 Å². The topological polar surface area (TPSA) is 17.8 Å². The molecule has 2 heteroatoms. The van der Waals surface area contributed by atoms with Crippen LogP contribution in [0, 0.1) is 0 Å². The van der Waals surface area contributed by atoms with Crippen molar-refractivity contribution < 1.29 is 0 Å². The van der Waals surface area contributed by atoms with E-state index >= 15 is 0 Å². The van der Waals surface area contributed by atoms with E-state index in [2.05, 4.69) is 16.5 Å². The number of hydrogen-bond donors (Lipinski definition) is 0. The normalized spacial score (nSPS) is 11.9. The molecule has 1 aromatic heterocycles. The molecule has 0 spiro atoms. The molecule has 0 saturated carbocycles. The van der Waals surface area contributed by atoms with Crippen LogP contribution in [-0.4, -0.2) is 9.55 Å². The van der Waals surface area contributed by atoms with Crippen molar-refractivity contribution in [3.05, 3.63) is 29.9 Å². The van der Waals surface area contributed by atoms with Crippen molar-refractivity contribution in [1.82, 2.24) is 9.55 Å². The first-order chi connectivity index (χ1) is 6.33. The number of aromatic nitrogens is 2. The lowest BCUT2D eigenvalue weighted by atomic mass is 10.3. The third-order valence-electron chi connectivity index (χ3n) is 1.88. The molecule has 2 nitrogen and oxygen atoms in total. The minimum absolute atomic E-state index is 0.998. The third-order valence-corrected chi connectivity index (χ3v) is 1.88. The number of imidazole rings is 1. The van der Waals surface area contributed by atoms with Gasteiger partial charge in [-0.2, -0.15) is 0 Å². The highest BCUT2D eigenvalue weighted by Gasteiger charge is 2.01. The summed E-state index contributed by atoms with van der Waals surface area (Å²) in [7, 11) is 0. The molecule has 13 heavy (non-hydrogen) atoms. The van der Waals surface area contributed by atoms with Crippen LogP contribution in [0.5, 0.6) is 0 Å². The van der Waals surface area contributed by atoms with Crippen LogP contribution in [0.25, 0.3) is 12.3 Å². The summed E-state index contributed by atoms with van der Waals surface area (Å²) in [6.07, 6.45) is 11.0. The van der Waals surface area contributed by atoms with Gasteiger partial charge < -0.3 is 4.57 Å². The number of allylic oxidation sites excluding steroid dienone is 2. The Morgan fingerprint density at radius 1 is 1.38 bits per heavy atom. The third kappa shape index (κ3) is 2.08. The van der Waals surface area contributed by atoms with Gasteiger partial charge in [0.15, 0.2) is 0 Å². The van der Waals surface area contributed by atoms with Crippen molar-refractivity contribution in [3.8, 4) is 0 Å². The van der Waals surface area contributed by atoms with E-state index in [0.717, 1.165) is 12.2 Å². The molecule has 0 N–H and O–H groups in total. The average Bonchev–Trinajstić information content (AvgIpc) is 2.50. The lowest BCUT2D eigenvalue weighted by molar-refractivity contribution is 0.966. The van der Waals surface area contributed by atoms with Crippen molar-refractivity contribution >= 4 is 12.3 Å². The fourth-order valence-electron chi connectivity index (χ4n) is 1.27. The van der Waals surface area contributed by atoms with E-state index in [9.17, 15) is 0 Å². The van der Waals surface area contributed by atoms with Crippen molar-refractivity contribution in [1.29, 1.82) is 0 Å². The summed E-state index contributed by atoms with van der Waals surface area (Å²) in [4.78, 5) is 4.32. The molecule has 0 aliphatic heterocycles. The number of hydrogen-bond acceptors (Lipinski definition) is 1. The fraction of sp³-hybridized carbons (Fsp3) is 0.364. The van der Waals surface area contributed by atoms with Gasteiger partial charge in [0.1, 0.15) is 5.82 Å². The zero-order chi connectivity index (χ0) is 9.68. The Balaban J connectivity index is 3.13. The van der Waals surface area contributed by atoms with Crippen LogP contribution in [0.15, 0.2) is 18.3 Å². The van der Waals surface area contributed by atoms with Gasteiger partial charge in [0.25, 0.3) is 0 Å². The van der Waals surface area contributed by atoms with Crippen LogP contribution in [0.2, 0.25) is 0 Å². The van der Waals surface area contributed by atoms with Crippen LogP contribution in [0.1, 0.15) is 32.3 Å². The number of rotatable bonds is 3. The quantitative estimate of drug-likeness (QED) is 0.692. The Bertz CT molecular complexity index is 319. The molecule has 0 bridgehead atoms. The van der Waals surface area contributed by atoms with Crippen molar-refractivity contribution in [2.45, 2.75) is 27.2 Å². The Kier molecular flexibility index (Phi) is 3.50. The summed E-state index contributed by atoms with van der Waals surface area (Å²) in [5, 5.41) is 0. The first-order valence-corrected chi connectivity index (χ1v) is 4.65. The highest BCUT2D eigenvalue weighted by molar-refractivity contribution is 5.46. The van der Waals surface area contributed by atoms with Crippen LogP contribution in [0.3, 0.4) is 0 Å². The first kappa shape index (κ1) is 9.78. The molecule has 1 aromatic rings. The molecule has 0 atom stereocenters. The van der Waals surface area contributed by atoms with E-state index in [1.54, 1.807) is 0 Å². The average molecular weight is 176 g/mol. The second kappa shape index (κ2) is 4.65. The summed E-state index contributed by atoms with van der Waals surface area (Å²) in [5.41, 5.74) is 1.24. The van der Waals surface area contributed by atoms with Gasteiger partial charge in [-0.3, -0.25) is 0 Å². The molecule has 0 aromatic carbocycles. The van der Waals surface area contributed by atoms with E-state index in [1.807, 2.05) is 44.5 Å². The highest BCUT2D eigenvalue weighted by atomic mass is 15.1. The Labute approximate surface area is 79.6 Å². The predicted octanol–water partition coefficient (Wildman–Crippen LogP) is 2.97. The maximum absolute atomic E-state index is 4.32. The molecule has 1 rings (SSSR count). The summed E-state index contributed by atoms with van der Waals surface area (Å²) in [6, 6.07) is 0. The van der Waals surface area contributed by atoms with Crippen molar-refractivity contribution in [2.24, 2.45) is 0 Å². The van der Waals surface area contributed by atoms with Crippen LogP contribution in [0.4, 0.5) is 0 Å². The summed E-state index contributed by atoms with van der Waals surface area (Å²) < 4.78 is 2.11. The minimum Gasteiger partial charge on any atom is -0.304 e. The smallest absolute Gasteiger partial charge is 0.136 e. The monoisotopic (exact) mass is 176 g/mol. The van der Waals surface area contributed by atoms with Gasteiger partial charge in [0.2, 0.25) is 0 Å². The van der Waals surface area contributed by atoms with Gasteiger partial charge in [-0.25, -0.2) is 4.98 Å². The van der Waals surface area contributed by atoms with Gasteiger partial charge in [-0.05, 0) is 26.3 Å². The van der Waals surface area contributed by atoms with Crippen LogP contribution < -0.4 is 0 Å². The summed E-state index contributed by atoms with van der Waals surface area (Å²) >= 11 is 0. The maximum atomic E-state index is 4.32. The van der Waals surface area contributed by atoms with E-state index in [1.165, 1.54) is 5.69 Å². The van der Waals surface area contributed by atoms with Crippen molar-refractivity contribution in [2.75, 3.05) is 0 Å². The van der Waals surface area contributed by atoms with Gasteiger partial charge >= 0.3 is 0 Å². The van der Waals surface area contributed by atoms with E-state index in [4.69, 9.17) is 0 Å². The standard InChI is InChI=1S/C11H16N2/c1-4-7-11-12-9-10(6-3)13(11)8-5-2/h4-5,7-9H,6H2,1-3H3/b7-4-,8-5-. The molecule has 0 fully saturated rings. The van der Waals surface area contributed by atoms with Gasteiger partial charge in [-0.15, -0.1) is 0 Å². The molecular weight excluding hydrogens is 160 g/mol. The molecule has 0 aliphatic carbocycles. The minimum atomic E-state index is 0.998. The largest absolute Gasteiger partial charge is 0.304 e. The predicted molar refractivity (Wildman–Crippen MR) is 57.3 cm³/mol. The zero-order valence-electron chi connectivity index (χ0n) is 8.49.